The lowest BCUT2D eigenvalue weighted by atomic mass is 9.72. The molecule has 2 aromatic carbocycles. The average Bonchev–Trinajstić information content (AvgIpc) is 2.83. The lowest BCUT2D eigenvalue weighted by molar-refractivity contribution is -0.121. The maximum Gasteiger partial charge on any atom is 0.255 e. The number of amides is 2. The van der Waals surface area contributed by atoms with E-state index in [0.717, 1.165) is 41.3 Å². The molecule has 0 spiro atoms. The molecule has 0 aromatic heterocycles. The van der Waals surface area contributed by atoms with Crippen LogP contribution in [0.3, 0.4) is 0 Å². The molecule has 0 aliphatic heterocycles. The minimum Gasteiger partial charge on any atom is -0.326 e. The number of nitrogens with one attached hydrogen (secondary N) is 2. The van der Waals surface area contributed by atoms with Crippen LogP contribution in [-0.4, -0.2) is 36.8 Å². The maximum absolute atomic E-state index is 13.5. The molecule has 1 aliphatic rings. The lowest BCUT2D eigenvalue weighted by Gasteiger charge is -2.34. The van der Waals surface area contributed by atoms with Gasteiger partial charge in [-0.05, 0) is 66.8 Å². The maximum atomic E-state index is 13.5. The van der Waals surface area contributed by atoms with Crippen LogP contribution < -0.4 is 10.7 Å². The molecule has 0 unspecified atom stereocenters. The Morgan fingerprint density at radius 3 is 2.17 bits per heavy atom. The molecule has 1 aliphatic carbocycles. The van der Waals surface area contributed by atoms with Crippen molar-refractivity contribution in [1.82, 2.24) is 9.73 Å². The number of carbonyl (C=O) groups is 2. The fourth-order valence-electron chi connectivity index (χ4n) is 4.34. The Bertz CT molecular complexity index is 1180. The first-order chi connectivity index (χ1) is 16.9. The van der Waals surface area contributed by atoms with Gasteiger partial charge in [-0.2, -0.15) is 9.41 Å². The zero-order valence-corrected chi connectivity index (χ0v) is 22.3. The van der Waals surface area contributed by atoms with Gasteiger partial charge in [0.1, 0.15) is 0 Å². The fraction of sp³-hybridized carbons (Fsp3) is 0.444. The van der Waals surface area contributed by atoms with Crippen LogP contribution in [0, 0.1) is 11.3 Å². The van der Waals surface area contributed by atoms with Gasteiger partial charge in [0.15, 0.2) is 0 Å². The topological polar surface area (TPSA) is 108 Å². The Hall–Kier alpha value is -3.04. The minimum absolute atomic E-state index is 0.0344. The molecule has 9 heteroatoms. The molecular formula is C27H36N4O4S. The number of hydrogen-bond donors (Lipinski definition) is 2. The molecule has 2 amide bonds. The minimum atomic E-state index is -4.00. The summed E-state index contributed by atoms with van der Waals surface area (Å²) in [4.78, 5) is 24.1. The second-order valence-corrected chi connectivity index (χ2v) is 12.3. The SMILES string of the molecule is CC(=O)Nc1ccc(S(=O)(=O)N(CC(=O)NN=C2CCC(C(C)(C)C)CC2)Cc2ccccc2)cc1. The number of nitrogens with zero attached hydrogens (tertiary/aromatic N) is 2. The predicted octanol–water partition coefficient (Wildman–Crippen LogP) is 4.54. The summed E-state index contributed by atoms with van der Waals surface area (Å²) in [6.07, 6.45) is 3.71. The van der Waals surface area contributed by atoms with Gasteiger partial charge >= 0.3 is 0 Å². The first-order valence-corrected chi connectivity index (χ1v) is 13.6. The Balaban J connectivity index is 1.73. The van der Waals surface area contributed by atoms with Gasteiger partial charge in [0.25, 0.3) is 5.91 Å². The molecule has 1 saturated carbocycles. The molecule has 8 nitrogen and oxygen atoms in total. The Kier molecular flexibility index (Phi) is 9.03. The first-order valence-electron chi connectivity index (χ1n) is 12.2. The lowest BCUT2D eigenvalue weighted by Crippen LogP contribution is -2.39. The number of carbonyl (C=O) groups excluding carboxylic acids is 2. The van der Waals surface area contributed by atoms with Crippen LogP contribution >= 0.6 is 0 Å². The number of rotatable bonds is 8. The molecule has 1 fully saturated rings. The Morgan fingerprint density at radius 2 is 1.61 bits per heavy atom. The van der Waals surface area contributed by atoms with Crippen LogP contribution in [0.25, 0.3) is 0 Å². The summed E-state index contributed by atoms with van der Waals surface area (Å²) in [6.45, 7) is 7.79. The summed E-state index contributed by atoms with van der Waals surface area (Å²) < 4.78 is 28.1. The molecule has 2 N–H and O–H groups in total. The van der Waals surface area contributed by atoms with Gasteiger partial charge in [-0.1, -0.05) is 51.1 Å². The smallest absolute Gasteiger partial charge is 0.255 e. The highest BCUT2D eigenvalue weighted by Gasteiger charge is 2.29. The molecule has 0 atom stereocenters. The van der Waals surface area contributed by atoms with Gasteiger partial charge in [-0.15, -0.1) is 0 Å². The standard InChI is InChI=1S/C27H36N4O4S/c1-20(32)28-23-14-16-25(17-15-23)36(34,35)31(18-21-8-6-5-7-9-21)19-26(33)30-29-24-12-10-22(11-13-24)27(2,3)4/h5-9,14-17,22H,10-13,18-19H2,1-4H3,(H,28,32)(H,30,33). The van der Waals surface area contributed by atoms with E-state index in [1.165, 1.54) is 31.2 Å². The van der Waals surface area contributed by atoms with Crippen molar-refractivity contribution >= 4 is 33.2 Å². The van der Waals surface area contributed by atoms with E-state index in [1.807, 2.05) is 30.3 Å². The van der Waals surface area contributed by atoms with E-state index in [2.05, 4.69) is 36.6 Å². The number of hydrogen-bond acceptors (Lipinski definition) is 5. The van der Waals surface area contributed by atoms with E-state index in [9.17, 15) is 18.0 Å². The summed E-state index contributed by atoms with van der Waals surface area (Å²) >= 11 is 0. The molecule has 36 heavy (non-hydrogen) atoms. The van der Waals surface area contributed by atoms with E-state index in [4.69, 9.17) is 0 Å². The van der Waals surface area contributed by atoms with Crippen LogP contribution in [0.4, 0.5) is 5.69 Å². The van der Waals surface area contributed by atoms with Crippen LogP contribution in [0.1, 0.15) is 58.9 Å². The quantitative estimate of drug-likeness (QED) is 0.506. The van der Waals surface area contributed by atoms with Crippen LogP contribution in [-0.2, 0) is 26.2 Å². The summed E-state index contributed by atoms with van der Waals surface area (Å²) in [7, 11) is -4.00. The van der Waals surface area contributed by atoms with Gasteiger partial charge in [-0.25, -0.2) is 13.8 Å². The normalized spacial score (nSPS) is 16.5. The highest BCUT2D eigenvalue weighted by Crippen LogP contribution is 2.36. The van der Waals surface area contributed by atoms with Crippen molar-refractivity contribution in [1.29, 1.82) is 0 Å². The Labute approximate surface area is 214 Å². The summed E-state index contributed by atoms with van der Waals surface area (Å²) in [5.74, 6) is -0.119. The highest BCUT2D eigenvalue weighted by molar-refractivity contribution is 7.89. The molecular weight excluding hydrogens is 476 g/mol. The molecule has 0 radical (unpaired) electrons. The van der Waals surface area contributed by atoms with Gasteiger partial charge in [0.2, 0.25) is 15.9 Å². The van der Waals surface area contributed by atoms with E-state index in [1.54, 1.807) is 0 Å². The van der Waals surface area contributed by atoms with Crippen LogP contribution in [0.15, 0.2) is 64.6 Å². The monoisotopic (exact) mass is 512 g/mol. The van der Waals surface area contributed by atoms with Crippen molar-refractivity contribution in [2.24, 2.45) is 16.4 Å². The van der Waals surface area contributed by atoms with Gasteiger partial charge in [0, 0.05) is 24.9 Å². The van der Waals surface area contributed by atoms with Crippen molar-refractivity contribution in [3.63, 3.8) is 0 Å². The second kappa shape index (κ2) is 11.8. The number of benzene rings is 2. The average molecular weight is 513 g/mol. The zero-order chi connectivity index (χ0) is 26.3. The predicted molar refractivity (Wildman–Crippen MR) is 142 cm³/mol. The Morgan fingerprint density at radius 1 is 1.00 bits per heavy atom. The van der Waals surface area contributed by atoms with Crippen molar-refractivity contribution in [3.8, 4) is 0 Å². The van der Waals surface area contributed by atoms with Crippen molar-refractivity contribution in [2.45, 2.75) is 64.8 Å². The van der Waals surface area contributed by atoms with Crippen molar-refractivity contribution in [2.75, 3.05) is 11.9 Å². The highest BCUT2D eigenvalue weighted by atomic mass is 32.2. The number of hydrazone groups is 1. The van der Waals surface area contributed by atoms with Crippen LogP contribution in [0.5, 0.6) is 0 Å². The molecule has 0 bridgehead atoms. The van der Waals surface area contributed by atoms with Gasteiger partial charge < -0.3 is 5.32 Å². The molecule has 0 saturated heterocycles. The molecule has 2 aromatic rings. The summed E-state index contributed by atoms with van der Waals surface area (Å²) in [5, 5.41) is 6.93. The van der Waals surface area contributed by atoms with E-state index in [0.29, 0.717) is 11.6 Å². The third-order valence-corrected chi connectivity index (χ3v) is 8.27. The molecule has 194 valence electrons. The zero-order valence-electron chi connectivity index (χ0n) is 21.5. The van der Waals surface area contributed by atoms with Crippen molar-refractivity contribution in [3.05, 3.63) is 60.2 Å². The second-order valence-electron chi connectivity index (χ2n) is 10.3. The van der Waals surface area contributed by atoms with Gasteiger partial charge in [-0.3, -0.25) is 9.59 Å². The van der Waals surface area contributed by atoms with E-state index in [-0.39, 0.29) is 29.3 Å². The largest absolute Gasteiger partial charge is 0.326 e. The van der Waals surface area contributed by atoms with Crippen LogP contribution in [0.2, 0.25) is 0 Å². The van der Waals surface area contributed by atoms with E-state index >= 15 is 0 Å². The molecule has 0 heterocycles. The summed E-state index contributed by atoms with van der Waals surface area (Å²) in [6, 6.07) is 15.0. The van der Waals surface area contributed by atoms with E-state index < -0.39 is 15.9 Å². The fourth-order valence-corrected chi connectivity index (χ4v) is 5.73. The third kappa shape index (κ3) is 7.73. The van der Waals surface area contributed by atoms with Crippen molar-refractivity contribution < 1.29 is 18.0 Å². The molecule has 3 rings (SSSR count). The summed E-state index contributed by atoms with van der Waals surface area (Å²) in [5.41, 5.74) is 5.01. The number of anilines is 1. The third-order valence-electron chi connectivity index (χ3n) is 6.46. The number of sulfonamides is 1. The first kappa shape index (κ1) is 27.5. The van der Waals surface area contributed by atoms with Gasteiger partial charge in [0.05, 0.1) is 11.4 Å².